The Balaban J connectivity index is 2.97. The molecule has 0 saturated carbocycles. The number of carbonyl (C=O) groups is 1. The van der Waals surface area contributed by atoms with Crippen LogP contribution < -0.4 is 9.46 Å². The molecule has 1 aromatic heterocycles. The summed E-state index contributed by atoms with van der Waals surface area (Å²) in [5.74, 6) is -0.820. The maximum atomic E-state index is 11.6. The molecule has 1 amide bonds. The summed E-state index contributed by atoms with van der Waals surface area (Å²) in [4.78, 5) is 15.4. The van der Waals surface area contributed by atoms with Gasteiger partial charge in [0.05, 0.1) is 12.9 Å². The number of nitrogens with one attached hydrogen (secondary N) is 1. The Kier molecular flexibility index (Phi) is 3.83. The summed E-state index contributed by atoms with van der Waals surface area (Å²) in [6, 6.07) is 2.96. The van der Waals surface area contributed by atoms with Gasteiger partial charge in [-0.05, 0) is 19.1 Å². The smallest absolute Gasteiger partial charge is 0.270 e. The summed E-state index contributed by atoms with van der Waals surface area (Å²) >= 11 is 0. The second-order valence-corrected chi connectivity index (χ2v) is 4.91. The summed E-state index contributed by atoms with van der Waals surface area (Å²) in [7, 11) is -2.22. The van der Waals surface area contributed by atoms with E-state index in [0.29, 0.717) is 0 Å². The summed E-state index contributed by atoms with van der Waals surface area (Å²) in [5, 5.41) is 0. The van der Waals surface area contributed by atoms with Gasteiger partial charge in [-0.25, -0.2) is 18.1 Å². The molecule has 16 heavy (non-hydrogen) atoms. The van der Waals surface area contributed by atoms with Gasteiger partial charge in [-0.2, -0.15) is 0 Å². The minimum atomic E-state index is -3.57. The van der Waals surface area contributed by atoms with Crippen molar-refractivity contribution in [3.8, 4) is 5.88 Å². The van der Waals surface area contributed by atoms with Crippen LogP contribution in [0.5, 0.6) is 5.88 Å². The molecule has 0 atom stereocenters. The highest BCUT2D eigenvalue weighted by molar-refractivity contribution is 7.90. The average Bonchev–Trinajstić information content (AvgIpc) is 2.28. The summed E-state index contributed by atoms with van der Waals surface area (Å²) < 4.78 is 29.1. The molecule has 0 radical (unpaired) electrons. The zero-order valence-corrected chi connectivity index (χ0v) is 9.74. The quantitative estimate of drug-likeness (QED) is 0.816. The van der Waals surface area contributed by atoms with Crippen LogP contribution in [0.15, 0.2) is 18.3 Å². The van der Waals surface area contributed by atoms with Crippen molar-refractivity contribution in [1.29, 1.82) is 0 Å². The van der Waals surface area contributed by atoms with E-state index in [2.05, 4.69) is 4.98 Å². The topological polar surface area (TPSA) is 85.4 Å². The molecular weight excluding hydrogens is 232 g/mol. The maximum absolute atomic E-state index is 11.6. The molecule has 1 rings (SSSR count). The molecule has 6 nitrogen and oxygen atoms in total. The minimum Gasteiger partial charge on any atom is -0.480 e. The van der Waals surface area contributed by atoms with Crippen molar-refractivity contribution in [2.75, 3.05) is 12.9 Å². The minimum absolute atomic E-state index is 0.0852. The van der Waals surface area contributed by atoms with E-state index < -0.39 is 15.9 Å². The van der Waals surface area contributed by atoms with Crippen molar-refractivity contribution < 1.29 is 17.9 Å². The van der Waals surface area contributed by atoms with Crippen molar-refractivity contribution >= 4 is 15.9 Å². The number of carbonyl (C=O) groups excluding carboxylic acids is 1. The van der Waals surface area contributed by atoms with Crippen molar-refractivity contribution in [1.82, 2.24) is 9.71 Å². The van der Waals surface area contributed by atoms with Crippen LogP contribution in [0.4, 0.5) is 0 Å². The number of sulfonamides is 1. The predicted molar refractivity (Wildman–Crippen MR) is 57.7 cm³/mol. The van der Waals surface area contributed by atoms with E-state index in [-0.39, 0.29) is 17.2 Å². The molecule has 0 saturated heterocycles. The second-order valence-electron chi connectivity index (χ2n) is 2.89. The molecule has 1 aromatic rings. The molecule has 1 heterocycles. The molecule has 0 aliphatic rings. The van der Waals surface area contributed by atoms with Crippen LogP contribution in [0.25, 0.3) is 0 Å². The predicted octanol–water partition coefficient (Wildman–Crippen LogP) is 0.170. The number of nitrogens with zero attached hydrogens (tertiary/aromatic N) is 1. The Morgan fingerprint density at radius 2 is 2.25 bits per heavy atom. The Bertz CT molecular complexity index is 484. The van der Waals surface area contributed by atoms with Crippen LogP contribution in [-0.2, 0) is 10.0 Å². The number of hydrogen-bond donors (Lipinski definition) is 1. The fourth-order valence-electron chi connectivity index (χ4n) is 0.995. The van der Waals surface area contributed by atoms with E-state index in [1.807, 2.05) is 4.72 Å². The van der Waals surface area contributed by atoms with Gasteiger partial charge in [0.1, 0.15) is 5.56 Å². The molecule has 7 heteroatoms. The SMILES string of the molecule is CCS(=O)(=O)NC(=O)c1cccnc1OC. The third kappa shape index (κ3) is 2.93. The average molecular weight is 244 g/mol. The number of methoxy groups -OCH3 is 1. The van der Waals surface area contributed by atoms with Crippen molar-refractivity contribution in [2.24, 2.45) is 0 Å². The van der Waals surface area contributed by atoms with Gasteiger partial charge >= 0.3 is 0 Å². The summed E-state index contributed by atoms with van der Waals surface area (Å²) in [6.07, 6.45) is 1.45. The number of aromatic nitrogens is 1. The van der Waals surface area contributed by atoms with E-state index >= 15 is 0 Å². The van der Waals surface area contributed by atoms with Crippen LogP contribution in [0.2, 0.25) is 0 Å². The van der Waals surface area contributed by atoms with Crippen LogP contribution >= 0.6 is 0 Å². The van der Waals surface area contributed by atoms with Crippen LogP contribution in [-0.4, -0.2) is 32.2 Å². The number of rotatable bonds is 4. The second kappa shape index (κ2) is 4.93. The Labute approximate surface area is 93.7 Å². The van der Waals surface area contributed by atoms with E-state index in [0.717, 1.165) is 0 Å². The lowest BCUT2D eigenvalue weighted by Gasteiger charge is -2.07. The van der Waals surface area contributed by atoms with Crippen molar-refractivity contribution in [2.45, 2.75) is 6.92 Å². The highest BCUT2D eigenvalue weighted by Crippen LogP contribution is 2.13. The first-order chi connectivity index (χ1) is 7.50. The lowest BCUT2D eigenvalue weighted by molar-refractivity contribution is 0.0978. The zero-order valence-electron chi connectivity index (χ0n) is 8.93. The van der Waals surface area contributed by atoms with E-state index in [9.17, 15) is 13.2 Å². The summed E-state index contributed by atoms with van der Waals surface area (Å²) in [5.41, 5.74) is 0.0852. The molecule has 88 valence electrons. The van der Waals surface area contributed by atoms with Gasteiger partial charge in [0, 0.05) is 6.20 Å². The Hall–Kier alpha value is -1.63. The fourth-order valence-corrected chi connectivity index (χ4v) is 1.53. The van der Waals surface area contributed by atoms with Gasteiger partial charge in [0.15, 0.2) is 0 Å². The van der Waals surface area contributed by atoms with Crippen molar-refractivity contribution in [3.05, 3.63) is 23.9 Å². The standard InChI is InChI=1S/C9H12N2O4S/c1-3-16(13,14)11-8(12)7-5-4-6-10-9(7)15-2/h4-6H,3H2,1-2H3,(H,11,12). The molecule has 0 unspecified atom stereocenters. The number of hydrogen-bond acceptors (Lipinski definition) is 5. The normalized spacial score (nSPS) is 10.9. The Morgan fingerprint density at radius 1 is 1.56 bits per heavy atom. The van der Waals surface area contributed by atoms with Crippen LogP contribution in [0.3, 0.4) is 0 Å². The van der Waals surface area contributed by atoms with Crippen LogP contribution in [0, 0.1) is 0 Å². The number of amides is 1. The maximum Gasteiger partial charge on any atom is 0.270 e. The van der Waals surface area contributed by atoms with E-state index in [4.69, 9.17) is 4.74 Å². The molecule has 1 N–H and O–H groups in total. The highest BCUT2D eigenvalue weighted by Gasteiger charge is 2.17. The van der Waals surface area contributed by atoms with Gasteiger partial charge in [0.25, 0.3) is 5.91 Å². The molecular formula is C9H12N2O4S. The highest BCUT2D eigenvalue weighted by atomic mass is 32.2. The van der Waals surface area contributed by atoms with Gasteiger partial charge in [-0.15, -0.1) is 0 Å². The first-order valence-electron chi connectivity index (χ1n) is 4.54. The van der Waals surface area contributed by atoms with E-state index in [1.165, 1.54) is 32.4 Å². The van der Waals surface area contributed by atoms with Gasteiger partial charge in [0.2, 0.25) is 15.9 Å². The molecule has 0 bridgehead atoms. The largest absolute Gasteiger partial charge is 0.480 e. The van der Waals surface area contributed by atoms with Gasteiger partial charge in [-0.3, -0.25) is 4.79 Å². The van der Waals surface area contributed by atoms with Gasteiger partial charge in [-0.1, -0.05) is 0 Å². The third-order valence-electron chi connectivity index (χ3n) is 1.84. The summed E-state index contributed by atoms with van der Waals surface area (Å²) in [6.45, 7) is 1.44. The van der Waals surface area contributed by atoms with Crippen LogP contribution in [0.1, 0.15) is 17.3 Å². The number of ether oxygens (including phenoxy) is 1. The lowest BCUT2D eigenvalue weighted by Crippen LogP contribution is -2.32. The zero-order chi connectivity index (χ0) is 12.2. The monoisotopic (exact) mass is 244 g/mol. The first-order valence-corrected chi connectivity index (χ1v) is 6.19. The third-order valence-corrected chi connectivity index (χ3v) is 3.09. The first kappa shape index (κ1) is 12.4. The number of pyridine rings is 1. The molecule has 0 aliphatic heterocycles. The van der Waals surface area contributed by atoms with E-state index in [1.54, 1.807) is 0 Å². The molecule has 0 spiro atoms. The molecule has 0 aliphatic carbocycles. The van der Waals surface area contributed by atoms with Crippen molar-refractivity contribution in [3.63, 3.8) is 0 Å². The van der Waals surface area contributed by atoms with Gasteiger partial charge < -0.3 is 4.74 Å². The Morgan fingerprint density at radius 3 is 2.81 bits per heavy atom. The molecule has 0 aromatic carbocycles. The molecule has 0 fully saturated rings. The lowest BCUT2D eigenvalue weighted by atomic mass is 10.2. The fraction of sp³-hybridized carbons (Fsp3) is 0.333.